The Morgan fingerprint density at radius 3 is 2.62 bits per heavy atom. The van der Waals surface area contributed by atoms with Crippen molar-refractivity contribution in [1.29, 1.82) is 0 Å². The van der Waals surface area contributed by atoms with E-state index in [2.05, 4.69) is 17.4 Å². The van der Waals surface area contributed by atoms with Crippen LogP contribution < -0.4 is 10.1 Å². The minimum atomic E-state index is 0.0176. The summed E-state index contributed by atoms with van der Waals surface area (Å²) in [6, 6.07) is 14.2. The number of carbonyl (C=O) groups excluding carboxylic acids is 1. The molecular weight excluding hydrogens is 300 g/mol. The molecule has 1 aliphatic carbocycles. The molecule has 2 aromatic rings. The molecule has 0 bridgehead atoms. The van der Waals surface area contributed by atoms with Crippen LogP contribution in [-0.4, -0.2) is 31.5 Å². The van der Waals surface area contributed by atoms with E-state index in [0.29, 0.717) is 6.54 Å². The van der Waals surface area contributed by atoms with Crippen LogP contribution in [0.5, 0.6) is 5.75 Å². The molecule has 4 nitrogen and oxygen atoms in total. The van der Waals surface area contributed by atoms with E-state index in [1.165, 1.54) is 17.5 Å². The number of carbonyl (C=O) groups is 1. The van der Waals surface area contributed by atoms with Crippen molar-refractivity contribution in [3.63, 3.8) is 0 Å². The third-order valence-electron chi connectivity index (χ3n) is 4.41. The Bertz CT molecular complexity index is 710. The van der Waals surface area contributed by atoms with Gasteiger partial charge in [-0.05, 0) is 67.3 Å². The largest absolute Gasteiger partial charge is 0.497 e. The molecule has 0 aliphatic heterocycles. The fraction of sp³-hybridized carbons (Fsp3) is 0.350. The molecule has 0 unspecified atom stereocenters. The second-order valence-electron chi connectivity index (χ2n) is 6.41. The average molecular weight is 324 g/mol. The molecule has 0 spiro atoms. The van der Waals surface area contributed by atoms with Crippen molar-refractivity contribution in [2.45, 2.75) is 25.8 Å². The van der Waals surface area contributed by atoms with Gasteiger partial charge in [-0.3, -0.25) is 9.69 Å². The van der Waals surface area contributed by atoms with Crippen LogP contribution in [0, 0.1) is 0 Å². The number of ether oxygens (including phenoxy) is 1. The van der Waals surface area contributed by atoms with Gasteiger partial charge in [-0.2, -0.15) is 0 Å². The molecular formula is C20H24N2O2. The normalized spacial score (nSPS) is 13.0. The predicted octanol–water partition coefficient (Wildman–Crippen LogP) is 3.25. The standard InChI is InChI=1S/C20H24N2O2/c1-22(13-15-6-10-19(24-2)11-7-15)14-20(23)21-18-9-8-16-4-3-5-17(16)12-18/h6-12H,3-5,13-14H2,1-2H3,(H,21,23). The highest BCUT2D eigenvalue weighted by atomic mass is 16.5. The summed E-state index contributed by atoms with van der Waals surface area (Å²) >= 11 is 0. The van der Waals surface area contributed by atoms with Crippen LogP contribution in [0.4, 0.5) is 5.69 Å². The van der Waals surface area contributed by atoms with Crippen LogP contribution in [0.1, 0.15) is 23.1 Å². The quantitative estimate of drug-likeness (QED) is 0.887. The van der Waals surface area contributed by atoms with Gasteiger partial charge in [0.05, 0.1) is 13.7 Å². The molecule has 2 aromatic carbocycles. The van der Waals surface area contributed by atoms with Crippen molar-refractivity contribution in [2.24, 2.45) is 0 Å². The van der Waals surface area contributed by atoms with Crippen LogP contribution in [0.3, 0.4) is 0 Å². The minimum Gasteiger partial charge on any atom is -0.497 e. The monoisotopic (exact) mass is 324 g/mol. The van der Waals surface area contributed by atoms with Crippen LogP contribution in [0.15, 0.2) is 42.5 Å². The summed E-state index contributed by atoms with van der Waals surface area (Å²) in [7, 11) is 3.61. The molecule has 24 heavy (non-hydrogen) atoms. The number of hydrogen-bond donors (Lipinski definition) is 1. The predicted molar refractivity (Wildman–Crippen MR) is 96.4 cm³/mol. The summed E-state index contributed by atoms with van der Waals surface area (Å²) in [6.45, 7) is 1.09. The molecule has 0 heterocycles. The molecule has 4 heteroatoms. The number of likely N-dealkylation sites (N-methyl/N-ethyl adjacent to an activating group) is 1. The van der Waals surface area contributed by atoms with Gasteiger partial charge in [0.15, 0.2) is 0 Å². The smallest absolute Gasteiger partial charge is 0.238 e. The van der Waals surface area contributed by atoms with E-state index in [1.54, 1.807) is 7.11 Å². The van der Waals surface area contributed by atoms with Crippen molar-refractivity contribution in [1.82, 2.24) is 4.90 Å². The first kappa shape index (κ1) is 16.5. The maximum Gasteiger partial charge on any atom is 0.238 e. The van der Waals surface area contributed by atoms with Crippen molar-refractivity contribution < 1.29 is 9.53 Å². The van der Waals surface area contributed by atoms with Gasteiger partial charge in [0.25, 0.3) is 0 Å². The minimum absolute atomic E-state index is 0.0176. The zero-order valence-electron chi connectivity index (χ0n) is 14.3. The van der Waals surface area contributed by atoms with E-state index < -0.39 is 0 Å². The topological polar surface area (TPSA) is 41.6 Å². The second-order valence-corrected chi connectivity index (χ2v) is 6.41. The van der Waals surface area contributed by atoms with Crippen molar-refractivity contribution in [3.8, 4) is 5.75 Å². The first-order chi connectivity index (χ1) is 11.6. The fourth-order valence-corrected chi connectivity index (χ4v) is 3.19. The number of rotatable bonds is 6. The number of fused-ring (bicyclic) bond motifs is 1. The molecule has 1 amide bonds. The second kappa shape index (κ2) is 7.49. The zero-order chi connectivity index (χ0) is 16.9. The van der Waals surface area contributed by atoms with Gasteiger partial charge in [0, 0.05) is 12.2 Å². The van der Waals surface area contributed by atoms with Crippen molar-refractivity contribution >= 4 is 11.6 Å². The number of nitrogens with zero attached hydrogens (tertiary/aromatic N) is 1. The van der Waals surface area contributed by atoms with Crippen LogP contribution in [-0.2, 0) is 24.2 Å². The van der Waals surface area contributed by atoms with Crippen LogP contribution >= 0.6 is 0 Å². The maximum atomic E-state index is 12.2. The van der Waals surface area contributed by atoms with Crippen LogP contribution in [0.2, 0.25) is 0 Å². The van der Waals surface area contributed by atoms with Crippen molar-refractivity contribution in [2.75, 3.05) is 26.0 Å². The first-order valence-corrected chi connectivity index (χ1v) is 8.37. The molecule has 1 aliphatic rings. The molecule has 126 valence electrons. The lowest BCUT2D eigenvalue weighted by molar-refractivity contribution is -0.117. The Labute approximate surface area is 143 Å². The number of benzene rings is 2. The van der Waals surface area contributed by atoms with Gasteiger partial charge in [0.2, 0.25) is 5.91 Å². The van der Waals surface area contributed by atoms with Gasteiger partial charge in [-0.15, -0.1) is 0 Å². The van der Waals surface area contributed by atoms with Gasteiger partial charge in [-0.25, -0.2) is 0 Å². The zero-order valence-corrected chi connectivity index (χ0v) is 14.3. The van der Waals surface area contributed by atoms with Gasteiger partial charge in [-0.1, -0.05) is 18.2 Å². The van der Waals surface area contributed by atoms with Gasteiger partial charge in [0.1, 0.15) is 5.75 Å². The SMILES string of the molecule is COc1ccc(CN(C)CC(=O)Nc2ccc3c(c2)CCC3)cc1. The molecule has 0 fully saturated rings. The third kappa shape index (κ3) is 4.15. The Kier molecular flexibility index (Phi) is 5.16. The highest BCUT2D eigenvalue weighted by Crippen LogP contribution is 2.24. The lowest BCUT2D eigenvalue weighted by Gasteiger charge is -2.17. The highest BCUT2D eigenvalue weighted by Gasteiger charge is 2.12. The molecule has 0 saturated heterocycles. The van der Waals surface area contributed by atoms with Gasteiger partial charge >= 0.3 is 0 Å². The summed E-state index contributed by atoms with van der Waals surface area (Å²) in [5, 5.41) is 3.01. The van der Waals surface area contributed by atoms with E-state index in [-0.39, 0.29) is 5.91 Å². The van der Waals surface area contributed by atoms with Crippen molar-refractivity contribution in [3.05, 3.63) is 59.2 Å². The Hall–Kier alpha value is -2.33. The van der Waals surface area contributed by atoms with E-state index in [9.17, 15) is 4.79 Å². The first-order valence-electron chi connectivity index (χ1n) is 8.37. The molecule has 0 saturated carbocycles. The fourth-order valence-electron chi connectivity index (χ4n) is 3.19. The third-order valence-corrected chi connectivity index (χ3v) is 4.41. The van der Waals surface area contributed by atoms with E-state index in [4.69, 9.17) is 4.74 Å². The van der Waals surface area contributed by atoms with Crippen LogP contribution in [0.25, 0.3) is 0 Å². The number of methoxy groups -OCH3 is 1. The summed E-state index contributed by atoms with van der Waals surface area (Å²) in [4.78, 5) is 14.2. The summed E-state index contributed by atoms with van der Waals surface area (Å²) in [5.41, 5.74) is 4.85. The lowest BCUT2D eigenvalue weighted by atomic mass is 10.1. The summed E-state index contributed by atoms with van der Waals surface area (Å²) in [5.74, 6) is 0.861. The molecule has 3 rings (SSSR count). The Balaban J connectivity index is 1.52. The van der Waals surface area contributed by atoms with E-state index >= 15 is 0 Å². The Morgan fingerprint density at radius 2 is 1.88 bits per heavy atom. The molecule has 0 atom stereocenters. The molecule has 0 aromatic heterocycles. The summed E-state index contributed by atoms with van der Waals surface area (Å²) < 4.78 is 5.16. The molecule has 1 N–H and O–H groups in total. The highest BCUT2D eigenvalue weighted by molar-refractivity contribution is 5.92. The maximum absolute atomic E-state index is 12.2. The number of hydrogen-bond acceptors (Lipinski definition) is 3. The average Bonchev–Trinajstić information content (AvgIpc) is 3.03. The molecule has 0 radical (unpaired) electrons. The number of amides is 1. The van der Waals surface area contributed by atoms with E-state index in [1.807, 2.05) is 42.3 Å². The summed E-state index contributed by atoms with van der Waals surface area (Å²) in [6.07, 6.45) is 3.50. The lowest BCUT2D eigenvalue weighted by Crippen LogP contribution is -2.29. The number of nitrogens with one attached hydrogen (secondary N) is 1. The number of anilines is 1. The number of aryl methyl sites for hydroxylation is 2. The van der Waals surface area contributed by atoms with E-state index in [0.717, 1.165) is 36.4 Å². The Morgan fingerprint density at radius 1 is 1.12 bits per heavy atom. The van der Waals surface area contributed by atoms with Gasteiger partial charge < -0.3 is 10.1 Å².